The monoisotopic (exact) mass is 373 g/mol. The summed E-state index contributed by atoms with van der Waals surface area (Å²) in [5.74, 6) is 0.466. The SMILES string of the molecule is CCc1ccc(NC(=O)CSc2nnc(-c3ccc(Cl)cc3)o2)cc1. The number of amides is 1. The Kier molecular flexibility index (Phi) is 5.73. The highest BCUT2D eigenvalue weighted by atomic mass is 35.5. The highest BCUT2D eigenvalue weighted by Crippen LogP contribution is 2.24. The summed E-state index contributed by atoms with van der Waals surface area (Å²) in [7, 11) is 0. The second kappa shape index (κ2) is 8.18. The van der Waals surface area contributed by atoms with Gasteiger partial charge in [-0.2, -0.15) is 0 Å². The van der Waals surface area contributed by atoms with Crippen LogP contribution < -0.4 is 5.32 Å². The molecule has 128 valence electrons. The van der Waals surface area contributed by atoms with E-state index in [1.54, 1.807) is 24.3 Å². The maximum Gasteiger partial charge on any atom is 0.277 e. The molecule has 1 N–H and O–H groups in total. The van der Waals surface area contributed by atoms with Crippen LogP contribution in [0.5, 0.6) is 0 Å². The van der Waals surface area contributed by atoms with Crippen LogP contribution in [0.2, 0.25) is 5.02 Å². The Bertz CT molecular complexity index is 848. The summed E-state index contributed by atoms with van der Waals surface area (Å²) < 4.78 is 5.56. The number of carbonyl (C=O) groups excluding carboxylic acids is 1. The third-order valence-corrected chi connectivity index (χ3v) is 4.54. The van der Waals surface area contributed by atoms with Gasteiger partial charge in [0.2, 0.25) is 11.8 Å². The van der Waals surface area contributed by atoms with E-state index in [1.165, 1.54) is 17.3 Å². The molecule has 3 rings (SSSR count). The fraction of sp³-hybridized carbons (Fsp3) is 0.167. The van der Waals surface area contributed by atoms with Crippen molar-refractivity contribution in [2.75, 3.05) is 11.1 Å². The van der Waals surface area contributed by atoms with E-state index < -0.39 is 0 Å². The van der Waals surface area contributed by atoms with Gasteiger partial charge in [0, 0.05) is 16.3 Å². The van der Waals surface area contributed by atoms with Crippen molar-refractivity contribution in [2.24, 2.45) is 0 Å². The largest absolute Gasteiger partial charge is 0.411 e. The standard InChI is InChI=1S/C18H16ClN3O2S/c1-2-12-3-9-15(10-4-12)20-16(23)11-25-18-22-21-17(24-18)13-5-7-14(19)8-6-13/h3-10H,2,11H2,1H3,(H,20,23). The van der Waals surface area contributed by atoms with Crippen molar-refractivity contribution in [3.63, 3.8) is 0 Å². The van der Waals surface area contributed by atoms with Gasteiger partial charge in [0.25, 0.3) is 5.22 Å². The first-order chi connectivity index (χ1) is 12.1. The molecule has 1 amide bonds. The summed E-state index contributed by atoms with van der Waals surface area (Å²) in [5, 5.41) is 11.8. The van der Waals surface area contributed by atoms with E-state index in [0.29, 0.717) is 16.1 Å². The van der Waals surface area contributed by atoms with Crippen LogP contribution in [-0.2, 0) is 11.2 Å². The molecule has 0 atom stereocenters. The average Bonchev–Trinajstić information content (AvgIpc) is 3.10. The minimum absolute atomic E-state index is 0.125. The number of benzene rings is 2. The van der Waals surface area contributed by atoms with E-state index in [0.717, 1.165) is 17.7 Å². The topological polar surface area (TPSA) is 68.0 Å². The second-order valence-corrected chi connectivity index (χ2v) is 6.63. The Morgan fingerprint density at radius 2 is 1.84 bits per heavy atom. The second-order valence-electron chi connectivity index (χ2n) is 5.27. The van der Waals surface area contributed by atoms with Crippen molar-refractivity contribution >= 4 is 35.0 Å². The average molecular weight is 374 g/mol. The summed E-state index contributed by atoms with van der Waals surface area (Å²) in [5.41, 5.74) is 2.78. The van der Waals surface area contributed by atoms with Gasteiger partial charge in [-0.1, -0.05) is 42.4 Å². The van der Waals surface area contributed by atoms with Gasteiger partial charge in [0.05, 0.1) is 5.75 Å². The summed E-state index contributed by atoms with van der Waals surface area (Å²) in [6, 6.07) is 14.9. The molecule has 0 aliphatic carbocycles. The number of rotatable bonds is 6. The zero-order valence-electron chi connectivity index (χ0n) is 13.5. The minimum Gasteiger partial charge on any atom is -0.411 e. The number of nitrogens with zero attached hydrogens (tertiary/aromatic N) is 2. The van der Waals surface area contributed by atoms with Crippen LogP contribution in [-0.4, -0.2) is 21.9 Å². The van der Waals surface area contributed by atoms with E-state index >= 15 is 0 Å². The molecule has 25 heavy (non-hydrogen) atoms. The first kappa shape index (κ1) is 17.5. The molecule has 1 heterocycles. The molecule has 0 saturated carbocycles. The van der Waals surface area contributed by atoms with Crippen molar-refractivity contribution < 1.29 is 9.21 Å². The molecule has 0 aliphatic heterocycles. The van der Waals surface area contributed by atoms with E-state index in [9.17, 15) is 4.79 Å². The van der Waals surface area contributed by atoms with E-state index in [4.69, 9.17) is 16.0 Å². The van der Waals surface area contributed by atoms with Gasteiger partial charge in [-0.3, -0.25) is 4.79 Å². The zero-order chi connectivity index (χ0) is 17.6. The molecule has 0 radical (unpaired) electrons. The molecule has 2 aromatic carbocycles. The van der Waals surface area contributed by atoms with Crippen molar-refractivity contribution in [2.45, 2.75) is 18.6 Å². The van der Waals surface area contributed by atoms with Gasteiger partial charge < -0.3 is 9.73 Å². The van der Waals surface area contributed by atoms with Gasteiger partial charge in [-0.25, -0.2) is 0 Å². The number of anilines is 1. The lowest BCUT2D eigenvalue weighted by Crippen LogP contribution is -2.13. The Morgan fingerprint density at radius 1 is 1.12 bits per heavy atom. The molecule has 0 unspecified atom stereocenters. The Hall–Kier alpha value is -2.31. The summed E-state index contributed by atoms with van der Waals surface area (Å²) in [6.45, 7) is 2.09. The third-order valence-electron chi connectivity index (χ3n) is 3.47. The zero-order valence-corrected chi connectivity index (χ0v) is 15.1. The number of carbonyl (C=O) groups is 1. The van der Waals surface area contributed by atoms with Crippen LogP contribution in [0.25, 0.3) is 11.5 Å². The van der Waals surface area contributed by atoms with Crippen LogP contribution in [0.3, 0.4) is 0 Å². The highest BCUT2D eigenvalue weighted by molar-refractivity contribution is 7.99. The van der Waals surface area contributed by atoms with Crippen molar-refractivity contribution in [1.82, 2.24) is 10.2 Å². The first-order valence-corrected chi connectivity index (χ1v) is 9.11. The van der Waals surface area contributed by atoms with Gasteiger partial charge >= 0.3 is 0 Å². The smallest absolute Gasteiger partial charge is 0.277 e. The van der Waals surface area contributed by atoms with E-state index in [2.05, 4.69) is 22.4 Å². The lowest BCUT2D eigenvalue weighted by molar-refractivity contribution is -0.113. The van der Waals surface area contributed by atoms with Gasteiger partial charge in [-0.15, -0.1) is 10.2 Å². The molecule has 3 aromatic rings. The number of halogens is 1. The third kappa shape index (κ3) is 4.84. The Morgan fingerprint density at radius 3 is 2.52 bits per heavy atom. The Balaban J connectivity index is 1.54. The van der Waals surface area contributed by atoms with Crippen molar-refractivity contribution in [3.8, 4) is 11.5 Å². The Labute approximate surface area is 154 Å². The molecule has 5 nitrogen and oxygen atoms in total. The van der Waals surface area contributed by atoms with Crippen LogP contribution in [0, 0.1) is 0 Å². The molecule has 7 heteroatoms. The van der Waals surface area contributed by atoms with Crippen molar-refractivity contribution in [3.05, 3.63) is 59.1 Å². The van der Waals surface area contributed by atoms with Crippen LogP contribution in [0.4, 0.5) is 5.69 Å². The molecular weight excluding hydrogens is 358 g/mol. The van der Waals surface area contributed by atoms with Gasteiger partial charge in [0.15, 0.2) is 0 Å². The number of aryl methyl sites for hydroxylation is 1. The lowest BCUT2D eigenvalue weighted by Gasteiger charge is -2.04. The van der Waals surface area contributed by atoms with E-state index in [-0.39, 0.29) is 11.7 Å². The number of hydrogen-bond donors (Lipinski definition) is 1. The lowest BCUT2D eigenvalue weighted by atomic mass is 10.1. The quantitative estimate of drug-likeness (QED) is 0.635. The number of nitrogens with one attached hydrogen (secondary N) is 1. The fourth-order valence-corrected chi connectivity index (χ4v) is 2.81. The van der Waals surface area contributed by atoms with Crippen molar-refractivity contribution in [1.29, 1.82) is 0 Å². The van der Waals surface area contributed by atoms with Gasteiger partial charge in [0.1, 0.15) is 0 Å². The predicted molar refractivity (Wildman–Crippen MR) is 99.9 cm³/mol. The number of aromatic nitrogens is 2. The predicted octanol–water partition coefficient (Wildman–Crippen LogP) is 4.68. The molecule has 0 fully saturated rings. The fourth-order valence-electron chi connectivity index (χ4n) is 2.13. The molecule has 0 saturated heterocycles. The van der Waals surface area contributed by atoms with E-state index in [1.807, 2.05) is 24.3 Å². The molecule has 0 aliphatic rings. The van der Waals surface area contributed by atoms with Crippen LogP contribution in [0.1, 0.15) is 12.5 Å². The summed E-state index contributed by atoms with van der Waals surface area (Å²) >= 11 is 7.05. The number of hydrogen-bond acceptors (Lipinski definition) is 5. The normalized spacial score (nSPS) is 10.6. The summed E-state index contributed by atoms with van der Waals surface area (Å²) in [6.07, 6.45) is 0.969. The number of thioether (sulfide) groups is 1. The van der Waals surface area contributed by atoms with Crippen LogP contribution >= 0.6 is 23.4 Å². The maximum absolute atomic E-state index is 12.0. The maximum atomic E-state index is 12.0. The molecular formula is C18H16ClN3O2S. The molecule has 0 spiro atoms. The molecule has 0 bridgehead atoms. The minimum atomic E-state index is -0.125. The first-order valence-electron chi connectivity index (χ1n) is 7.75. The van der Waals surface area contributed by atoms with Crippen LogP contribution in [0.15, 0.2) is 58.2 Å². The van der Waals surface area contributed by atoms with Gasteiger partial charge in [-0.05, 0) is 48.4 Å². The highest BCUT2D eigenvalue weighted by Gasteiger charge is 2.11. The summed E-state index contributed by atoms with van der Waals surface area (Å²) in [4.78, 5) is 12.0. The molecule has 1 aromatic heterocycles.